The van der Waals surface area contributed by atoms with Gasteiger partial charge in [-0.3, -0.25) is 9.48 Å². The summed E-state index contributed by atoms with van der Waals surface area (Å²) in [5.41, 5.74) is 3.83. The standard InChI is InChI=1S/C19H23N5O2/c1-13-5-6-18(14(2)9-13)26-12-23-11-17(10-21-23)22-19(25)16(4)24-15(3)7-8-20-24/h5-11,16H,12H2,1-4H3,(H,22,25). The second-order valence-corrected chi connectivity index (χ2v) is 6.39. The van der Waals surface area contributed by atoms with Crippen LogP contribution in [-0.4, -0.2) is 25.5 Å². The summed E-state index contributed by atoms with van der Waals surface area (Å²) in [6.07, 6.45) is 5.03. The molecule has 1 amide bonds. The minimum atomic E-state index is -0.403. The Labute approximate surface area is 152 Å². The Morgan fingerprint density at radius 3 is 2.73 bits per heavy atom. The molecule has 3 aromatic rings. The van der Waals surface area contributed by atoms with E-state index in [9.17, 15) is 4.79 Å². The normalized spacial score (nSPS) is 12.0. The van der Waals surface area contributed by atoms with Crippen LogP contribution in [0.5, 0.6) is 5.75 Å². The van der Waals surface area contributed by atoms with Crippen molar-refractivity contribution in [3.8, 4) is 5.75 Å². The van der Waals surface area contributed by atoms with Crippen LogP contribution in [0.3, 0.4) is 0 Å². The van der Waals surface area contributed by atoms with Crippen molar-refractivity contribution < 1.29 is 9.53 Å². The quantitative estimate of drug-likeness (QED) is 0.738. The molecular formula is C19H23N5O2. The van der Waals surface area contributed by atoms with Crippen molar-refractivity contribution in [1.82, 2.24) is 19.6 Å². The predicted molar refractivity (Wildman–Crippen MR) is 99.1 cm³/mol. The summed E-state index contributed by atoms with van der Waals surface area (Å²) in [7, 11) is 0. The van der Waals surface area contributed by atoms with E-state index in [0.29, 0.717) is 5.69 Å². The molecule has 0 saturated carbocycles. The van der Waals surface area contributed by atoms with Gasteiger partial charge in [0.15, 0.2) is 6.73 Å². The highest BCUT2D eigenvalue weighted by atomic mass is 16.5. The van der Waals surface area contributed by atoms with E-state index in [1.807, 2.05) is 45.9 Å². The Bertz CT molecular complexity index is 912. The first-order valence-corrected chi connectivity index (χ1v) is 8.47. The largest absolute Gasteiger partial charge is 0.471 e. The number of nitrogens with one attached hydrogen (secondary N) is 1. The number of hydrogen-bond donors (Lipinski definition) is 1. The molecule has 0 fully saturated rings. The molecule has 0 spiro atoms. The molecule has 1 atom stereocenters. The van der Waals surface area contributed by atoms with Gasteiger partial charge in [0.1, 0.15) is 11.8 Å². The van der Waals surface area contributed by atoms with Gasteiger partial charge >= 0.3 is 0 Å². The Balaban J connectivity index is 1.59. The maximum Gasteiger partial charge on any atom is 0.249 e. The Hall–Kier alpha value is -3.09. The average Bonchev–Trinajstić information content (AvgIpc) is 3.22. The van der Waals surface area contributed by atoms with Gasteiger partial charge in [-0.15, -0.1) is 0 Å². The molecule has 3 rings (SSSR count). The molecule has 1 aromatic carbocycles. The van der Waals surface area contributed by atoms with Crippen molar-refractivity contribution in [2.45, 2.75) is 40.5 Å². The highest BCUT2D eigenvalue weighted by Gasteiger charge is 2.17. The molecule has 0 aliphatic rings. The molecule has 0 saturated heterocycles. The Kier molecular flexibility index (Phi) is 5.06. The number of amides is 1. The topological polar surface area (TPSA) is 74.0 Å². The summed E-state index contributed by atoms with van der Waals surface area (Å²) in [5, 5.41) is 11.3. The number of rotatable bonds is 6. The van der Waals surface area contributed by atoms with E-state index in [1.165, 1.54) is 5.56 Å². The molecular weight excluding hydrogens is 330 g/mol. The van der Waals surface area contributed by atoms with Crippen LogP contribution < -0.4 is 10.1 Å². The van der Waals surface area contributed by atoms with E-state index >= 15 is 0 Å². The van der Waals surface area contributed by atoms with Crippen LogP contribution in [0.15, 0.2) is 42.9 Å². The molecule has 26 heavy (non-hydrogen) atoms. The molecule has 1 unspecified atom stereocenters. The molecule has 0 aliphatic heterocycles. The van der Waals surface area contributed by atoms with Crippen LogP contribution in [0, 0.1) is 20.8 Å². The maximum absolute atomic E-state index is 12.4. The maximum atomic E-state index is 12.4. The third kappa shape index (κ3) is 3.93. The van der Waals surface area contributed by atoms with Crippen molar-refractivity contribution in [1.29, 1.82) is 0 Å². The van der Waals surface area contributed by atoms with E-state index in [1.54, 1.807) is 28.0 Å². The third-order valence-electron chi connectivity index (χ3n) is 4.20. The summed E-state index contributed by atoms with van der Waals surface area (Å²) >= 11 is 0. The van der Waals surface area contributed by atoms with Crippen molar-refractivity contribution in [2.24, 2.45) is 0 Å². The first-order chi connectivity index (χ1) is 12.4. The number of aromatic nitrogens is 4. The van der Waals surface area contributed by atoms with Crippen LogP contribution >= 0.6 is 0 Å². The predicted octanol–water partition coefficient (Wildman–Crippen LogP) is 3.24. The van der Waals surface area contributed by atoms with Gasteiger partial charge in [0, 0.05) is 11.9 Å². The van der Waals surface area contributed by atoms with Gasteiger partial charge in [0.2, 0.25) is 5.91 Å². The van der Waals surface area contributed by atoms with Crippen LogP contribution in [0.25, 0.3) is 0 Å². The fourth-order valence-corrected chi connectivity index (χ4v) is 2.74. The fourth-order valence-electron chi connectivity index (χ4n) is 2.74. The zero-order chi connectivity index (χ0) is 18.7. The fraction of sp³-hybridized carbons (Fsp3) is 0.316. The molecule has 0 aliphatic carbocycles. The number of aryl methyl sites for hydroxylation is 3. The summed E-state index contributed by atoms with van der Waals surface area (Å²) in [6, 6.07) is 7.50. The first kappa shape index (κ1) is 17.7. The number of nitrogens with zero attached hydrogens (tertiary/aromatic N) is 4. The minimum Gasteiger partial charge on any atom is -0.471 e. The van der Waals surface area contributed by atoms with Gasteiger partial charge in [-0.2, -0.15) is 10.2 Å². The molecule has 7 nitrogen and oxygen atoms in total. The highest BCUT2D eigenvalue weighted by molar-refractivity contribution is 5.93. The number of anilines is 1. The first-order valence-electron chi connectivity index (χ1n) is 8.47. The molecule has 0 radical (unpaired) electrons. The van der Waals surface area contributed by atoms with Gasteiger partial charge < -0.3 is 10.1 Å². The number of carbonyl (C=O) groups is 1. The van der Waals surface area contributed by atoms with E-state index in [2.05, 4.69) is 21.6 Å². The van der Waals surface area contributed by atoms with Crippen molar-refractivity contribution in [3.63, 3.8) is 0 Å². The monoisotopic (exact) mass is 353 g/mol. The van der Waals surface area contributed by atoms with Crippen LogP contribution in [0.4, 0.5) is 5.69 Å². The van der Waals surface area contributed by atoms with Crippen molar-refractivity contribution in [2.75, 3.05) is 5.32 Å². The second-order valence-electron chi connectivity index (χ2n) is 6.39. The lowest BCUT2D eigenvalue weighted by molar-refractivity contribution is -0.119. The average molecular weight is 353 g/mol. The van der Waals surface area contributed by atoms with Crippen LogP contribution in [-0.2, 0) is 11.5 Å². The molecule has 2 heterocycles. The lowest BCUT2D eigenvalue weighted by Crippen LogP contribution is -2.25. The summed E-state index contributed by atoms with van der Waals surface area (Å²) in [5.74, 6) is 0.672. The Morgan fingerprint density at radius 2 is 2.04 bits per heavy atom. The van der Waals surface area contributed by atoms with E-state index in [4.69, 9.17) is 4.74 Å². The van der Waals surface area contributed by atoms with Gasteiger partial charge in [-0.25, -0.2) is 4.68 Å². The van der Waals surface area contributed by atoms with Crippen molar-refractivity contribution in [3.05, 3.63) is 59.7 Å². The SMILES string of the molecule is Cc1ccc(OCn2cc(NC(=O)C(C)n3nccc3C)cn2)c(C)c1. The molecule has 0 bridgehead atoms. The third-order valence-corrected chi connectivity index (χ3v) is 4.20. The molecule has 136 valence electrons. The zero-order valence-electron chi connectivity index (χ0n) is 15.4. The van der Waals surface area contributed by atoms with E-state index in [0.717, 1.165) is 17.0 Å². The van der Waals surface area contributed by atoms with Gasteiger partial charge in [0.05, 0.1) is 18.1 Å². The lowest BCUT2D eigenvalue weighted by atomic mass is 10.1. The van der Waals surface area contributed by atoms with Crippen molar-refractivity contribution >= 4 is 11.6 Å². The van der Waals surface area contributed by atoms with Crippen LogP contribution in [0.2, 0.25) is 0 Å². The number of carbonyl (C=O) groups excluding carboxylic acids is 1. The number of ether oxygens (including phenoxy) is 1. The van der Waals surface area contributed by atoms with Crippen LogP contribution in [0.1, 0.15) is 29.8 Å². The Morgan fingerprint density at radius 1 is 1.23 bits per heavy atom. The minimum absolute atomic E-state index is 0.147. The second kappa shape index (κ2) is 7.43. The zero-order valence-corrected chi connectivity index (χ0v) is 15.4. The van der Waals surface area contributed by atoms with E-state index in [-0.39, 0.29) is 12.6 Å². The summed E-state index contributed by atoms with van der Waals surface area (Å²) in [6.45, 7) is 8.05. The van der Waals surface area contributed by atoms with E-state index < -0.39 is 6.04 Å². The molecule has 7 heteroatoms. The molecule has 1 N–H and O–H groups in total. The molecule has 2 aromatic heterocycles. The lowest BCUT2D eigenvalue weighted by Gasteiger charge is -2.13. The van der Waals surface area contributed by atoms with Gasteiger partial charge in [-0.1, -0.05) is 17.7 Å². The van der Waals surface area contributed by atoms with Gasteiger partial charge in [0.25, 0.3) is 0 Å². The summed E-state index contributed by atoms with van der Waals surface area (Å²) < 4.78 is 9.11. The highest BCUT2D eigenvalue weighted by Crippen LogP contribution is 2.19. The number of hydrogen-bond acceptors (Lipinski definition) is 4. The number of benzene rings is 1. The smallest absolute Gasteiger partial charge is 0.249 e. The summed E-state index contributed by atoms with van der Waals surface area (Å²) in [4.78, 5) is 12.4. The van der Waals surface area contributed by atoms with Gasteiger partial charge in [-0.05, 0) is 45.4 Å².